The van der Waals surface area contributed by atoms with Crippen LogP contribution in [0.4, 0.5) is 4.79 Å². The molecule has 28 heavy (non-hydrogen) atoms. The van der Waals surface area contributed by atoms with Gasteiger partial charge in [0.1, 0.15) is 6.61 Å². The lowest BCUT2D eigenvalue weighted by Gasteiger charge is -2.31. The van der Waals surface area contributed by atoms with E-state index in [1.165, 1.54) is 4.90 Å². The van der Waals surface area contributed by atoms with Gasteiger partial charge in [-0.25, -0.2) is 9.69 Å². The molecular formula is C24H27NO3. The first kappa shape index (κ1) is 19.9. The smallest absolute Gasteiger partial charge is 0.417 e. The first-order valence-electron chi connectivity index (χ1n) is 9.75. The van der Waals surface area contributed by atoms with Crippen molar-refractivity contribution in [2.45, 2.75) is 32.2 Å². The van der Waals surface area contributed by atoms with Crippen molar-refractivity contribution in [3.63, 3.8) is 0 Å². The predicted octanol–water partition coefficient (Wildman–Crippen LogP) is 5.01. The zero-order valence-electron chi connectivity index (χ0n) is 16.5. The third-order valence-corrected chi connectivity index (χ3v) is 5.39. The van der Waals surface area contributed by atoms with Crippen molar-refractivity contribution in [1.29, 1.82) is 0 Å². The van der Waals surface area contributed by atoms with Gasteiger partial charge in [-0.1, -0.05) is 80.6 Å². The number of carbonyl (C=O) groups excluding carboxylic acids is 2. The second kappa shape index (κ2) is 8.87. The van der Waals surface area contributed by atoms with Crippen LogP contribution in [0.1, 0.15) is 37.3 Å². The molecule has 0 spiro atoms. The molecule has 0 aliphatic carbocycles. The van der Waals surface area contributed by atoms with Crippen LogP contribution < -0.4 is 0 Å². The van der Waals surface area contributed by atoms with Crippen LogP contribution in [0.5, 0.6) is 0 Å². The Labute approximate surface area is 166 Å². The molecule has 1 aliphatic rings. The topological polar surface area (TPSA) is 46.6 Å². The average molecular weight is 377 g/mol. The summed E-state index contributed by atoms with van der Waals surface area (Å²) in [7, 11) is 0. The standard InChI is InChI=1S/C24H27NO3/c1-4-11-20(17(2)3)23(26)25-21(16-28-24(25)27)22(18-12-7-5-8-13-18)19-14-9-6-10-15-19/h4-10,12-15,17,20-22H,1,11,16H2,2-3H3/t20-,21+/m1/s1. The molecule has 4 nitrogen and oxygen atoms in total. The van der Waals surface area contributed by atoms with E-state index in [1.54, 1.807) is 6.08 Å². The minimum absolute atomic E-state index is 0.103. The summed E-state index contributed by atoms with van der Waals surface area (Å²) < 4.78 is 5.37. The quantitative estimate of drug-likeness (QED) is 0.637. The van der Waals surface area contributed by atoms with Crippen LogP contribution >= 0.6 is 0 Å². The van der Waals surface area contributed by atoms with E-state index in [9.17, 15) is 9.59 Å². The third-order valence-electron chi connectivity index (χ3n) is 5.39. The second-order valence-corrected chi connectivity index (χ2v) is 7.53. The Morgan fingerprint density at radius 3 is 2.11 bits per heavy atom. The molecule has 1 aliphatic heterocycles. The number of ether oxygens (including phenoxy) is 1. The number of amides is 2. The zero-order chi connectivity index (χ0) is 20.1. The van der Waals surface area contributed by atoms with E-state index in [0.717, 1.165) is 11.1 Å². The van der Waals surface area contributed by atoms with Crippen molar-refractivity contribution in [2.75, 3.05) is 6.61 Å². The minimum Gasteiger partial charge on any atom is -0.447 e. The Balaban J connectivity index is 2.02. The number of allylic oxidation sites excluding steroid dienone is 1. The molecule has 0 saturated carbocycles. The fourth-order valence-corrected chi connectivity index (χ4v) is 3.91. The van der Waals surface area contributed by atoms with Crippen LogP contribution in [-0.4, -0.2) is 29.5 Å². The molecule has 3 rings (SSSR count). The summed E-state index contributed by atoms with van der Waals surface area (Å²) in [5.74, 6) is -0.516. The Hall–Kier alpha value is -2.88. The number of hydrogen-bond acceptors (Lipinski definition) is 3. The van der Waals surface area contributed by atoms with Crippen molar-refractivity contribution in [1.82, 2.24) is 4.90 Å². The molecule has 2 aromatic rings. The zero-order valence-corrected chi connectivity index (χ0v) is 16.5. The van der Waals surface area contributed by atoms with Crippen LogP contribution in [0, 0.1) is 11.8 Å². The van der Waals surface area contributed by atoms with Gasteiger partial charge < -0.3 is 4.74 Å². The van der Waals surface area contributed by atoms with Gasteiger partial charge in [-0.05, 0) is 23.5 Å². The fourth-order valence-electron chi connectivity index (χ4n) is 3.91. The molecule has 1 fully saturated rings. The van der Waals surface area contributed by atoms with Gasteiger partial charge in [-0.3, -0.25) is 4.79 Å². The first-order chi connectivity index (χ1) is 13.5. The average Bonchev–Trinajstić information content (AvgIpc) is 3.08. The highest BCUT2D eigenvalue weighted by Gasteiger charge is 2.45. The SMILES string of the molecule is C=CC[C@@H](C(=O)N1C(=O)OC[C@H]1C(c1ccccc1)c1ccccc1)C(C)C. The lowest BCUT2D eigenvalue weighted by Crippen LogP contribution is -2.46. The van der Waals surface area contributed by atoms with Gasteiger partial charge in [-0.2, -0.15) is 0 Å². The molecule has 0 radical (unpaired) electrons. The number of rotatable bonds is 7. The molecular weight excluding hydrogens is 350 g/mol. The largest absolute Gasteiger partial charge is 0.447 e. The number of hydrogen-bond donors (Lipinski definition) is 0. The van der Waals surface area contributed by atoms with E-state index in [4.69, 9.17) is 4.74 Å². The highest BCUT2D eigenvalue weighted by Crippen LogP contribution is 2.35. The van der Waals surface area contributed by atoms with Gasteiger partial charge in [-0.15, -0.1) is 6.58 Å². The molecule has 2 amide bonds. The summed E-state index contributed by atoms with van der Waals surface area (Å²) in [6, 6.07) is 19.6. The molecule has 1 saturated heterocycles. The summed E-state index contributed by atoms with van der Waals surface area (Å²) in [4.78, 5) is 27.3. The number of cyclic esters (lactones) is 1. The predicted molar refractivity (Wildman–Crippen MR) is 110 cm³/mol. The van der Waals surface area contributed by atoms with Crippen molar-refractivity contribution < 1.29 is 14.3 Å². The lowest BCUT2D eigenvalue weighted by atomic mass is 9.83. The van der Waals surface area contributed by atoms with Crippen molar-refractivity contribution in [2.24, 2.45) is 11.8 Å². The van der Waals surface area contributed by atoms with Crippen LogP contribution in [0.15, 0.2) is 73.3 Å². The molecule has 0 bridgehead atoms. The summed E-state index contributed by atoms with van der Waals surface area (Å²) in [5, 5.41) is 0. The maximum atomic E-state index is 13.3. The van der Waals surface area contributed by atoms with Crippen LogP contribution in [0.3, 0.4) is 0 Å². The number of benzene rings is 2. The van der Waals surface area contributed by atoms with Crippen molar-refractivity contribution in [3.8, 4) is 0 Å². The molecule has 1 heterocycles. The first-order valence-corrected chi connectivity index (χ1v) is 9.75. The normalized spacial score (nSPS) is 17.6. The van der Waals surface area contributed by atoms with Gasteiger partial charge >= 0.3 is 6.09 Å². The number of nitrogens with zero attached hydrogens (tertiary/aromatic N) is 1. The highest BCUT2D eigenvalue weighted by atomic mass is 16.6. The Kier molecular flexibility index (Phi) is 6.30. The minimum atomic E-state index is -0.554. The van der Waals surface area contributed by atoms with Crippen LogP contribution in [0.2, 0.25) is 0 Å². The fraction of sp³-hybridized carbons (Fsp3) is 0.333. The summed E-state index contributed by atoms with van der Waals surface area (Å²) >= 11 is 0. The van der Waals surface area contributed by atoms with Gasteiger partial charge in [0.15, 0.2) is 0 Å². The van der Waals surface area contributed by atoms with E-state index >= 15 is 0 Å². The van der Waals surface area contributed by atoms with Gasteiger partial charge in [0, 0.05) is 11.8 Å². The van der Waals surface area contributed by atoms with Gasteiger partial charge in [0.05, 0.1) is 6.04 Å². The molecule has 0 unspecified atom stereocenters. The van der Waals surface area contributed by atoms with Crippen molar-refractivity contribution in [3.05, 3.63) is 84.4 Å². The number of carbonyl (C=O) groups is 2. The number of imide groups is 1. The van der Waals surface area contributed by atoms with E-state index < -0.39 is 6.09 Å². The summed E-state index contributed by atoms with van der Waals surface area (Å²) in [6.07, 6.45) is 1.72. The third kappa shape index (κ3) is 4.01. The summed E-state index contributed by atoms with van der Waals surface area (Å²) in [6.45, 7) is 7.95. The second-order valence-electron chi connectivity index (χ2n) is 7.53. The van der Waals surface area contributed by atoms with Gasteiger partial charge in [0.2, 0.25) is 5.91 Å². The Morgan fingerprint density at radius 1 is 1.11 bits per heavy atom. The molecule has 2 aromatic carbocycles. The van der Waals surface area contributed by atoms with Gasteiger partial charge in [0.25, 0.3) is 0 Å². The molecule has 2 atom stereocenters. The molecule has 0 N–H and O–H groups in total. The molecule has 146 valence electrons. The monoisotopic (exact) mass is 377 g/mol. The van der Waals surface area contributed by atoms with E-state index in [1.807, 2.05) is 74.5 Å². The molecule has 4 heteroatoms. The molecule has 0 aromatic heterocycles. The summed E-state index contributed by atoms with van der Waals surface area (Å²) in [5.41, 5.74) is 2.11. The van der Waals surface area contributed by atoms with E-state index in [-0.39, 0.29) is 36.3 Å². The van der Waals surface area contributed by atoms with Crippen LogP contribution in [-0.2, 0) is 9.53 Å². The van der Waals surface area contributed by atoms with E-state index in [0.29, 0.717) is 6.42 Å². The highest BCUT2D eigenvalue weighted by molar-refractivity contribution is 5.95. The van der Waals surface area contributed by atoms with E-state index in [2.05, 4.69) is 6.58 Å². The van der Waals surface area contributed by atoms with Crippen LogP contribution in [0.25, 0.3) is 0 Å². The lowest BCUT2D eigenvalue weighted by molar-refractivity contribution is -0.134. The maximum absolute atomic E-state index is 13.3. The maximum Gasteiger partial charge on any atom is 0.417 e. The Morgan fingerprint density at radius 2 is 1.64 bits per heavy atom. The Bertz CT molecular complexity index is 777. The van der Waals surface area contributed by atoms with Crippen molar-refractivity contribution >= 4 is 12.0 Å².